The number of rotatable bonds is 8. The summed E-state index contributed by atoms with van der Waals surface area (Å²) in [4.78, 5) is 23.0. The topological polar surface area (TPSA) is 124 Å². The van der Waals surface area contributed by atoms with Gasteiger partial charge in [0.15, 0.2) is 11.5 Å². The van der Waals surface area contributed by atoms with E-state index in [2.05, 4.69) is 10.1 Å². The van der Waals surface area contributed by atoms with E-state index >= 15 is 0 Å². The Hall–Kier alpha value is -3.91. The number of hydrogen-bond acceptors (Lipinski definition) is 7. The van der Waals surface area contributed by atoms with Crippen molar-refractivity contribution in [3.63, 3.8) is 0 Å². The zero-order chi connectivity index (χ0) is 23.1. The van der Waals surface area contributed by atoms with Gasteiger partial charge in [-0.1, -0.05) is 11.6 Å². The number of nitrogens with one attached hydrogen (secondary N) is 1. The number of anilines is 1. The maximum atomic E-state index is 12.6. The highest BCUT2D eigenvalue weighted by Gasteiger charge is 2.22. The van der Waals surface area contributed by atoms with E-state index in [0.717, 1.165) is 19.3 Å². The third-order valence-corrected chi connectivity index (χ3v) is 4.10. The monoisotopic (exact) mass is 453 g/mol. The number of halogens is 3. The molecule has 2 aromatic carbocycles. The van der Waals surface area contributed by atoms with Crippen LogP contribution >= 0.6 is 11.6 Å². The summed E-state index contributed by atoms with van der Waals surface area (Å²) < 4.78 is 39.2. The van der Waals surface area contributed by atoms with Crippen LogP contribution in [0.3, 0.4) is 0 Å². The van der Waals surface area contributed by atoms with Gasteiger partial charge in [-0.25, -0.2) is 0 Å². The molecule has 0 atom stereocenters. The van der Waals surface area contributed by atoms with Crippen LogP contribution in [-0.4, -0.2) is 31.7 Å². The van der Waals surface area contributed by atoms with Gasteiger partial charge < -0.3 is 19.5 Å². The van der Waals surface area contributed by atoms with Crippen LogP contribution in [0.5, 0.6) is 17.2 Å². The van der Waals surface area contributed by atoms with Gasteiger partial charge in [0.05, 0.1) is 35.8 Å². The quantitative estimate of drug-likeness (QED) is 0.271. The Bertz CT molecular complexity index is 1090. The maximum absolute atomic E-state index is 12.6. The number of nitro benzene ring substituents is 1. The molecule has 0 aromatic heterocycles. The van der Waals surface area contributed by atoms with Crippen LogP contribution in [0, 0.1) is 21.4 Å². The van der Waals surface area contributed by atoms with Crippen LogP contribution in [0.15, 0.2) is 35.9 Å². The number of ether oxygens (including phenoxy) is 3. The number of carbonyl (C=O) groups is 1. The standard InChI is InChI=1S/C19H14ClF2N3O6/c1-29-15-4-3-12(7-13(15)20)24-18(26)11(9-23)5-10-6-16(30-2)17(31-19(21)22)8-14(10)25(27)28/h3-8,19H,1-2H3,(H,24,26)/b11-5+. The van der Waals surface area contributed by atoms with Crippen LogP contribution in [0.2, 0.25) is 5.02 Å². The fraction of sp³-hybridized carbons (Fsp3) is 0.158. The molecule has 0 aliphatic heterocycles. The zero-order valence-corrected chi connectivity index (χ0v) is 16.8. The lowest BCUT2D eigenvalue weighted by Crippen LogP contribution is -2.13. The lowest BCUT2D eigenvalue weighted by Gasteiger charge is -2.11. The third-order valence-electron chi connectivity index (χ3n) is 3.80. The molecule has 0 fully saturated rings. The second kappa shape index (κ2) is 10.2. The van der Waals surface area contributed by atoms with Crippen LogP contribution in [0.4, 0.5) is 20.2 Å². The highest BCUT2D eigenvalue weighted by Crippen LogP contribution is 2.36. The second-order valence-electron chi connectivity index (χ2n) is 5.67. The molecular weight excluding hydrogens is 440 g/mol. The maximum Gasteiger partial charge on any atom is 0.387 e. The third kappa shape index (κ3) is 5.80. The number of carbonyl (C=O) groups excluding carboxylic acids is 1. The summed E-state index contributed by atoms with van der Waals surface area (Å²) in [5, 5.41) is 23.4. The summed E-state index contributed by atoms with van der Waals surface area (Å²) in [5.74, 6) is -1.34. The fourth-order valence-corrected chi connectivity index (χ4v) is 2.69. The van der Waals surface area contributed by atoms with E-state index in [9.17, 15) is 29.0 Å². The lowest BCUT2D eigenvalue weighted by molar-refractivity contribution is -0.385. The summed E-state index contributed by atoms with van der Waals surface area (Å²) >= 11 is 5.99. The van der Waals surface area contributed by atoms with Crippen LogP contribution in [-0.2, 0) is 4.79 Å². The highest BCUT2D eigenvalue weighted by atomic mass is 35.5. The lowest BCUT2D eigenvalue weighted by atomic mass is 10.1. The molecule has 0 bridgehead atoms. The molecule has 9 nitrogen and oxygen atoms in total. The number of amides is 1. The Kier molecular flexibility index (Phi) is 7.70. The molecule has 0 heterocycles. The van der Waals surface area contributed by atoms with Crippen molar-refractivity contribution in [2.75, 3.05) is 19.5 Å². The van der Waals surface area contributed by atoms with E-state index < -0.39 is 34.5 Å². The van der Waals surface area contributed by atoms with Crippen molar-refractivity contribution < 1.29 is 32.7 Å². The average molecular weight is 454 g/mol. The van der Waals surface area contributed by atoms with Crippen LogP contribution < -0.4 is 19.5 Å². The number of nitro groups is 1. The molecule has 1 N–H and O–H groups in total. The van der Waals surface area contributed by atoms with Crippen molar-refractivity contribution in [2.45, 2.75) is 6.61 Å². The van der Waals surface area contributed by atoms with Gasteiger partial charge in [-0.15, -0.1) is 0 Å². The summed E-state index contributed by atoms with van der Waals surface area (Å²) in [5.41, 5.74) is -1.17. The van der Waals surface area contributed by atoms with E-state index in [4.69, 9.17) is 21.1 Å². The predicted molar refractivity (Wildman–Crippen MR) is 107 cm³/mol. The number of nitriles is 1. The summed E-state index contributed by atoms with van der Waals surface area (Å²) in [6.07, 6.45) is 0.924. The molecule has 12 heteroatoms. The van der Waals surface area contributed by atoms with Crippen molar-refractivity contribution in [3.05, 3.63) is 56.6 Å². The molecule has 0 radical (unpaired) electrons. The average Bonchev–Trinajstić information content (AvgIpc) is 2.71. The number of alkyl halides is 2. The minimum Gasteiger partial charge on any atom is -0.495 e. The molecule has 0 unspecified atom stereocenters. The first-order chi connectivity index (χ1) is 14.7. The van der Waals surface area contributed by atoms with Gasteiger partial charge >= 0.3 is 6.61 Å². The molecule has 0 saturated carbocycles. The Balaban J connectivity index is 2.44. The van der Waals surface area contributed by atoms with Crippen molar-refractivity contribution in [1.82, 2.24) is 0 Å². The summed E-state index contributed by atoms with van der Waals surface area (Å²) in [6, 6.07) is 7.70. The fourth-order valence-electron chi connectivity index (χ4n) is 2.43. The van der Waals surface area contributed by atoms with Crippen molar-refractivity contribution in [2.24, 2.45) is 0 Å². The molecule has 0 spiro atoms. The van der Waals surface area contributed by atoms with E-state index in [0.29, 0.717) is 11.8 Å². The number of benzene rings is 2. The van der Waals surface area contributed by atoms with Crippen LogP contribution in [0.25, 0.3) is 6.08 Å². The first-order valence-corrected chi connectivity index (χ1v) is 8.65. The number of hydrogen-bond donors (Lipinski definition) is 1. The van der Waals surface area contributed by atoms with E-state index in [1.165, 1.54) is 25.3 Å². The minimum atomic E-state index is -3.24. The molecular formula is C19H14ClF2N3O6. The van der Waals surface area contributed by atoms with Gasteiger partial charge in [0.1, 0.15) is 17.4 Å². The first-order valence-electron chi connectivity index (χ1n) is 8.28. The minimum absolute atomic E-state index is 0.206. The molecule has 0 aliphatic carbocycles. The van der Waals surface area contributed by atoms with Gasteiger partial charge in [0.2, 0.25) is 0 Å². The van der Waals surface area contributed by atoms with Crippen molar-refractivity contribution in [3.8, 4) is 23.3 Å². The smallest absolute Gasteiger partial charge is 0.387 e. The van der Waals surface area contributed by atoms with Gasteiger partial charge in [0, 0.05) is 5.69 Å². The first kappa shape index (κ1) is 23.4. The largest absolute Gasteiger partial charge is 0.495 e. The van der Waals surface area contributed by atoms with E-state index in [1.54, 1.807) is 6.07 Å². The molecule has 162 valence electrons. The summed E-state index contributed by atoms with van der Waals surface area (Å²) in [7, 11) is 2.55. The number of methoxy groups -OCH3 is 2. The molecule has 1 amide bonds. The predicted octanol–water partition coefficient (Wildman–Crippen LogP) is 4.41. The zero-order valence-electron chi connectivity index (χ0n) is 16.0. The molecule has 0 aliphatic rings. The van der Waals surface area contributed by atoms with Gasteiger partial charge in [-0.05, 0) is 30.3 Å². The van der Waals surface area contributed by atoms with E-state index in [-0.39, 0.29) is 22.0 Å². The van der Waals surface area contributed by atoms with Gasteiger partial charge in [0.25, 0.3) is 11.6 Å². The van der Waals surface area contributed by atoms with Crippen molar-refractivity contribution in [1.29, 1.82) is 5.26 Å². The Morgan fingerprint density at radius 2 is 1.90 bits per heavy atom. The Morgan fingerprint density at radius 1 is 1.23 bits per heavy atom. The van der Waals surface area contributed by atoms with Gasteiger partial charge in [-0.2, -0.15) is 14.0 Å². The SMILES string of the molecule is COc1ccc(NC(=O)/C(C#N)=C/c2cc(OC)c(OC(F)F)cc2[N+](=O)[O-])cc1Cl. The van der Waals surface area contributed by atoms with E-state index in [1.807, 2.05) is 0 Å². The second-order valence-corrected chi connectivity index (χ2v) is 6.08. The Labute approximate surface area is 179 Å². The molecule has 0 saturated heterocycles. The highest BCUT2D eigenvalue weighted by molar-refractivity contribution is 6.32. The normalized spacial score (nSPS) is 10.9. The van der Waals surface area contributed by atoms with Crippen molar-refractivity contribution >= 4 is 35.0 Å². The van der Waals surface area contributed by atoms with Gasteiger partial charge in [-0.3, -0.25) is 14.9 Å². The molecule has 31 heavy (non-hydrogen) atoms. The number of nitrogens with zero attached hydrogens (tertiary/aromatic N) is 2. The molecule has 2 rings (SSSR count). The van der Waals surface area contributed by atoms with Crippen LogP contribution in [0.1, 0.15) is 5.56 Å². The Morgan fingerprint density at radius 3 is 2.42 bits per heavy atom. The molecule has 2 aromatic rings. The summed E-state index contributed by atoms with van der Waals surface area (Å²) in [6.45, 7) is -3.24.